The summed E-state index contributed by atoms with van der Waals surface area (Å²) in [5, 5.41) is 2.53. The van der Waals surface area contributed by atoms with E-state index >= 15 is 0 Å². The van der Waals surface area contributed by atoms with Crippen LogP contribution in [0.5, 0.6) is 5.75 Å². The molecule has 1 atom stereocenters. The van der Waals surface area contributed by atoms with E-state index in [9.17, 15) is 18.0 Å². The van der Waals surface area contributed by atoms with Crippen LogP contribution in [0.2, 0.25) is 0 Å². The van der Waals surface area contributed by atoms with Crippen LogP contribution in [0.15, 0.2) is 29.2 Å². The average Bonchev–Trinajstić information content (AvgIpc) is 3.35. The zero-order valence-corrected chi connectivity index (χ0v) is 13.9. The van der Waals surface area contributed by atoms with Crippen molar-refractivity contribution in [3.63, 3.8) is 0 Å². The van der Waals surface area contributed by atoms with Gasteiger partial charge in [-0.1, -0.05) is 12.1 Å². The van der Waals surface area contributed by atoms with Gasteiger partial charge >= 0.3 is 0 Å². The molecule has 23 heavy (non-hydrogen) atoms. The van der Waals surface area contributed by atoms with Gasteiger partial charge in [-0.15, -0.1) is 0 Å². The minimum atomic E-state index is -3.98. The Kier molecular flexibility index (Phi) is 5.38. The smallest absolute Gasteiger partial charge is 0.289 e. The Morgan fingerprint density at radius 3 is 2.57 bits per heavy atom. The molecule has 1 amide bonds. The molecule has 2 N–H and O–H groups in total. The first-order valence-corrected chi connectivity index (χ1v) is 8.81. The number of sulfonamides is 1. The molecular weight excluding hydrogens is 320 g/mol. The summed E-state index contributed by atoms with van der Waals surface area (Å²) in [6, 6.07) is 4.89. The second-order valence-electron chi connectivity index (χ2n) is 5.51. The molecule has 1 saturated carbocycles. The molecule has 0 heterocycles. The van der Waals surface area contributed by atoms with Crippen LogP contribution in [0.4, 0.5) is 0 Å². The van der Waals surface area contributed by atoms with Crippen LogP contribution >= 0.6 is 0 Å². The number of ketones is 1. The molecule has 7 nitrogen and oxygen atoms in total. The van der Waals surface area contributed by atoms with Crippen molar-refractivity contribution in [3.8, 4) is 5.75 Å². The summed E-state index contributed by atoms with van der Waals surface area (Å²) in [6.45, 7) is 1.79. The molecule has 0 saturated heterocycles. The molecular formula is C15H20N2O5S. The Balaban J connectivity index is 2.03. The van der Waals surface area contributed by atoms with E-state index in [1.165, 1.54) is 26.2 Å². The maximum atomic E-state index is 12.4. The third kappa shape index (κ3) is 4.52. The zero-order chi connectivity index (χ0) is 17.0. The molecule has 126 valence electrons. The van der Waals surface area contributed by atoms with Gasteiger partial charge in [0.25, 0.3) is 5.91 Å². The van der Waals surface area contributed by atoms with Gasteiger partial charge in [-0.3, -0.25) is 9.59 Å². The first-order chi connectivity index (χ1) is 10.8. The van der Waals surface area contributed by atoms with E-state index in [0.29, 0.717) is 12.5 Å². The number of Topliss-reactive ketones (excluding diaryl/α,β-unsaturated/α-hetero) is 1. The Morgan fingerprint density at radius 1 is 1.30 bits per heavy atom. The molecule has 1 aromatic carbocycles. The second kappa shape index (κ2) is 7.10. The average molecular weight is 340 g/mol. The van der Waals surface area contributed by atoms with Gasteiger partial charge in [-0.05, 0) is 37.8 Å². The van der Waals surface area contributed by atoms with Gasteiger partial charge in [0, 0.05) is 6.54 Å². The number of carbonyl (C=O) groups is 2. The van der Waals surface area contributed by atoms with E-state index < -0.39 is 27.8 Å². The SMILES string of the molecule is COc1ccccc1S(=O)(=O)NC(C)C(=O)C(=O)NCC1CC1. The molecule has 1 unspecified atom stereocenters. The molecule has 0 aromatic heterocycles. The van der Waals surface area contributed by atoms with Crippen LogP contribution in [0, 0.1) is 5.92 Å². The van der Waals surface area contributed by atoms with Crippen molar-refractivity contribution in [2.45, 2.75) is 30.7 Å². The molecule has 1 aliphatic carbocycles. The monoisotopic (exact) mass is 340 g/mol. The van der Waals surface area contributed by atoms with Crippen molar-refractivity contribution < 1.29 is 22.7 Å². The second-order valence-corrected chi connectivity index (χ2v) is 7.19. The molecule has 2 rings (SSSR count). The lowest BCUT2D eigenvalue weighted by molar-refractivity contribution is -0.138. The van der Waals surface area contributed by atoms with Crippen LogP contribution in [0.1, 0.15) is 19.8 Å². The van der Waals surface area contributed by atoms with Gasteiger partial charge in [-0.2, -0.15) is 0 Å². The number of amides is 1. The summed E-state index contributed by atoms with van der Waals surface area (Å²) in [6.07, 6.45) is 2.09. The maximum Gasteiger partial charge on any atom is 0.289 e. The summed E-state index contributed by atoms with van der Waals surface area (Å²) in [5.41, 5.74) is 0. The van der Waals surface area contributed by atoms with Gasteiger partial charge in [0.05, 0.1) is 13.2 Å². The number of nitrogens with one attached hydrogen (secondary N) is 2. The van der Waals surface area contributed by atoms with Crippen LogP contribution in [-0.4, -0.2) is 39.8 Å². The van der Waals surface area contributed by atoms with Crippen molar-refractivity contribution in [3.05, 3.63) is 24.3 Å². The highest BCUT2D eigenvalue weighted by atomic mass is 32.2. The van der Waals surface area contributed by atoms with Crippen LogP contribution in [0.3, 0.4) is 0 Å². The number of para-hydroxylation sites is 1. The molecule has 8 heteroatoms. The summed E-state index contributed by atoms with van der Waals surface area (Å²) in [5.74, 6) is -0.985. The van der Waals surface area contributed by atoms with Crippen molar-refractivity contribution >= 4 is 21.7 Å². The number of ether oxygens (including phenoxy) is 1. The molecule has 0 aliphatic heterocycles. The molecule has 0 bridgehead atoms. The van der Waals surface area contributed by atoms with Crippen LogP contribution < -0.4 is 14.8 Å². The quantitative estimate of drug-likeness (QED) is 0.669. The minimum Gasteiger partial charge on any atom is -0.495 e. The predicted molar refractivity (Wildman–Crippen MR) is 83.5 cm³/mol. The first-order valence-electron chi connectivity index (χ1n) is 7.32. The lowest BCUT2D eigenvalue weighted by Crippen LogP contribution is -2.46. The number of hydrogen-bond acceptors (Lipinski definition) is 5. The third-order valence-corrected chi connectivity index (χ3v) is 5.14. The highest BCUT2D eigenvalue weighted by Gasteiger charge is 2.29. The number of carbonyl (C=O) groups excluding carboxylic acids is 2. The van der Waals surface area contributed by atoms with Crippen LogP contribution in [-0.2, 0) is 19.6 Å². The lowest BCUT2D eigenvalue weighted by Gasteiger charge is -2.14. The third-order valence-electron chi connectivity index (χ3n) is 3.56. The van der Waals surface area contributed by atoms with E-state index in [4.69, 9.17) is 4.74 Å². The zero-order valence-electron chi connectivity index (χ0n) is 13.0. The van der Waals surface area contributed by atoms with Gasteiger partial charge in [-0.25, -0.2) is 13.1 Å². The minimum absolute atomic E-state index is 0.0828. The fourth-order valence-corrected chi connectivity index (χ4v) is 3.41. The highest BCUT2D eigenvalue weighted by Crippen LogP contribution is 2.27. The lowest BCUT2D eigenvalue weighted by atomic mass is 10.2. The standard InChI is InChI=1S/C15H20N2O5S/c1-10(14(18)15(19)16-9-11-7-8-11)17-23(20,21)13-6-4-3-5-12(13)22-2/h3-6,10-11,17H,7-9H2,1-2H3,(H,16,19). The van der Waals surface area contributed by atoms with Gasteiger partial charge in [0.1, 0.15) is 10.6 Å². The Bertz CT molecular complexity index is 698. The van der Waals surface area contributed by atoms with E-state index in [1.54, 1.807) is 12.1 Å². The Morgan fingerprint density at radius 2 is 1.96 bits per heavy atom. The van der Waals surface area contributed by atoms with Gasteiger partial charge in [0.2, 0.25) is 15.8 Å². The topological polar surface area (TPSA) is 102 Å². The van der Waals surface area contributed by atoms with Crippen LogP contribution in [0.25, 0.3) is 0 Å². The number of methoxy groups -OCH3 is 1. The summed E-state index contributed by atoms with van der Waals surface area (Å²) in [4.78, 5) is 23.6. The van der Waals surface area contributed by atoms with Crippen molar-refractivity contribution in [2.24, 2.45) is 5.92 Å². The van der Waals surface area contributed by atoms with E-state index in [2.05, 4.69) is 10.0 Å². The number of benzene rings is 1. The van der Waals surface area contributed by atoms with E-state index in [0.717, 1.165) is 12.8 Å². The van der Waals surface area contributed by atoms with E-state index in [-0.39, 0.29) is 10.6 Å². The molecule has 0 radical (unpaired) electrons. The van der Waals surface area contributed by atoms with Crippen molar-refractivity contribution in [2.75, 3.05) is 13.7 Å². The maximum absolute atomic E-state index is 12.4. The normalized spacial score (nSPS) is 15.7. The Labute approximate surface area is 135 Å². The van der Waals surface area contributed by atoms with E-state index in [1.807, 2.05) is 0 Å². The molecule has 1 aromatic rings. The Hall–Kier alpha value is -1.93. The summed E-state index contributed by atoms with van der Waals surface area (Å²) >= 11 is 0. The number of hydrogen-bond donors (Lipinski definition) is 2. The molecule has 0 spiro atoms. The predicted octanol–water partition coefficient (Wildman–Crippen LogP) is 0.457. The largest absolute Gasteiger partial charge is 0.495 e. The van der Waals surface area contributed by atoms with Gasteiger partial charge < -0.3 is 10.1 Å². The molecule has 1 aliphatic rings. The first kappa shape index (κ1) is 17.4. The fourth-order valence-electron chi connectivity index (χ4n) is 2.03. The fraction of sp³-hybridized carbons (Fsp3) is 0.467. The highest BCUT2D eigenvalue weighted by molar-refractivity contribution is 7.89. The van der Waals surface area contributed by atoms with Crippen molar-refractivity contribution in [1.82, 2.24) is 10.0 Å². The summed E-state index contributed by atoms with van der Waals surface area (Å²) in [7, 11) is -2.62. The molecule has 1 fully saturated rings. The van der Waals surface area contributed by atoms with Gasteiger partial charge in [0.15, 0.2) is 0 Å². The van der Waals surface area contributed by atoms with Crippen molar-refractivity contribution in [1.29, 1.82) is 0 Å². The number of rotatable bonds is 8. The summed E-state index contributed by atoms with van der Waals surface area (Å²) < 4.78 is 31.9.